The minimum Gasteiger partial charge on any atom is -0.480 e. The quantitative estimate of drug-likeness (QED) is 0.713. The van der Waals surface area contributed by atoms with Gasteiger partial charge in [-0.05, 0) is 11.6 Å². The fraction of sp³-hybridized carbons (Fsp3) is 0.182. The third kappa shape index (κ3) is 1.85. The van der Waals surface area contributed by atoms with E-state index in [1.54, 1.807) is 0 Å². The monoisotopic (exact) mass is 212 g/mol. The SMILES string of the molecule is [2H]c1[nH]c2c([2H])c([2H])c([2H])c([2H])c2c1C([2H])([2H])[C@@]([2H])(N)C(=O)O. The molecule has 0 radical (unpaired) electrons. The molecular weight excluding hydrogens is 192 g/mol. The highest BCUT2D eigenvalue weighted by molar-refractivity contribution is 5.84. The van der Waals surface area contributed by atoms with Gasteiger partial charge in [0.25, 0.3) is 0 Å². The van der Waals surface area contributed by atoms with E-state index < -0.39 is 59.7 Å². The van der Waals surface area contributed by atoms with Crippen molar-refractivity contribution in [1.82, 2.24) is 4.98 Å². The molecule has 0 spiro atoms. The lowest BCUT2D eigenvalue weighted by Gasteiger charge is -2.04. The van der Waals surface area contributed by atoms with E-state index in [-0.39, 0.29) is 5.52 Å². The first kappa shape index (κ1) is 3.98. The summed E-state index contributed by atoms with van der Waals surface area (Å²) in [7, 11) is 0. The Balaban J connectivity index is 2.97. The van der Waals surface area contributed by atoms with Crippen LogP contribution in [0.15, 0.2) is 30.3 Å². The van der Waals surface area contributed by atoms with Gasteiger partial charge in [-0.25, -0.2) is 0 Å². The highest BCUT2D eigenvalue weighted by Gasteiger charge is 2.14. The molecule has 0 aliphatic rings. The summed E-state index contributed by atoms with van der Waals surface area (Å²) in [6.45, 7) is 0. The van der Waals surface area contributed by atoms with Gasteiger partial charge in [0.05, 0.1) is 8.22 Å². The smallest absolute Gasteiger partial charge is 0.320 e. The van der Waals surface area contributed by atoms with Crippen LogP contribution in [0.25, 0.3) is 10.9 Å². The van der Waals surface area contributed by atoms with Crippen molar-refractivity contribution in [3.05, 3.63) is 35.9 Å². The summed E-state index contributed by atoms with van der Waals surface area (Å²) in [6.07, 6.45) is -3.76. The topological polar surface area (TPSA) is 79.1 Å². The number of hydrogen-bond donors (Lipinski definition) is 3. The molecular formula is C11H12N2O2. The number of carbonyl (C=O) groups is 1. The Labute approximate surface area is 98.0 Å². The van der Waals surface area contributed by atoms with Crippen LogP contribution in [0.1, 0.15) is 16.5 Å². The minimum absolute atomic E-state index is 0.249. The van der Waals surface area contributed by atoms with Gasteiger partial charge < -0.3 is 15.8 Å². The summed E-state index contributed by atoms with van der Waals surface area (Å²) < 4.78 is 62.0. The summed E-state index contributed by atoms with van der Waals surface area (Å²) >= 11 is 0. The summed E-state index contributed by atoms with van der Waals surface area (Å²) in [6, 6.07) is -5.58. The lowest BCUT2D eigenvalue weighted by molar-refractivity contribution is -0.138. The van der Waals surface area contributed by atoms with E-state index in [0.29, 0.717) is 0 Å². The molecule has 4 N–H and O–H groups in total. The van der Waals surface area contributed by atoms with Crippen molar-refractivity contribution in [2.75, 3.05) is 0 Å². The van der Waals surface area contributed by atoms with Crippen LogP contribution in [0.2, 0.25) is 0 Å². The highest BCUT2D eigenvalue weighted by atomic mass is 16.4. The number of hydrogen-bond acceptors (Lipinski definition) is 2. The number of aromatic amines is 1. The van der Waals surface area contributed by atoms with Crippen LogP contribution < -0.4 is 5.73 Å². The number of benzene rings is 1. The van der Waals surface area contributed by atoms with Crippen molar-refractivity contribution < 1.29 is 20.9 Å². The van der Waals surface area contributed by atoms with Crippen LogP contribution in [0, 0.1) is 0 Å². The molecule has 0 amide bonds. The summed E-state index contributed by atoms with van der Waals surface area (Å²) in [5, 5.41) is 8.59. The van der Waals surface area contributed by atoms with Gasteiger partial charge in [-0.15, -0.1) is 0 Å². The first-order valence-electron chi connectivity index (χ1n) is 7.97. The summed E-state index contributed by atoms with van der Waals surface area (Å²) in [4.78, 5) is 13.4. The molecule has 1 atom stereocenters. The molecule has 0 aliphatic carbocycles. The predicted octanol–water partition coefficient (Wildman–Crippen LogP) is 1.12. The zero-order valence-electron chi connectivity index (χ0n) is 15.4. The van der Waals surface area contributed by atoms with Crippen LogP contribution in [0.4, 0.5) is 0 Å². The van der Waals surface area contributed by atoms with Gasteiger partial charge in [-0.3, -0.25) is 4.79 Å². The molecule has 1 aromatic carbocycles. The Kier molecular flexibility index (Phi) is 0.994. The average Bonchev–Trinajstić information content (AvgIpc) is 2.80. The maximum Gasteiger partial charge on any atom is 0.320 e. The van der Waals surface area contributed by atoms with Crippen LogP contribution >= 0.6 is 0 Å². The third-order valence-corrected chi connectivity index (χ3v) is 1.74. The first-order valence-corrected chi connectivity index (χ1v) is 3.97. The Bertz CT molecular complexity index is 830. The van der Waals surface area contributed by atoms with Crippen LogP contribution in [-0.4, -0.2) is 22.1 Å². The van der Waals surface area contributed by atoms with Crippen molar-refractivity contribution in [3.63, 3.8) is 0 Å². The largest absolute Gasteiger partial charge is 0.480 e. The number of nitrogens with one attached hydrogen (secondary N) is 1. The Morgan fingerprint density at radius 2 is 2.47 bits per heavy atom. The predicted molar refractivity (Wildman–Crippen MR) is 57.6 cm³/mol. The summed E-state index contributed by atoms with van der Waals surface area (Å²) in [5.41, 5.74) is 4.30. The Morgan fingerprint density at radius 3 is 3.20 bits per heavy atom. The molecule has 0 fully saturated rings. The lowest BCUT2D eigenvalue weighted by Crippen LogP contribution is -2.32. The second-order valence-electron chi connectivity index (χ2n) is 2.72. The van der Waals surface area contributed by atoms with Crippen molar-refractivity contribution in [3.8, 4) is 0 Å². The fourth-order valence-electron chi connectivity index (χ4n) is 1.06. The normalized spacial score (nSPS) is 23.5. The van der Waals surface area contributed by atoms with Crippen LogP contribution in [0.5, 0.6) is 0 Å². The Hall–Kier alpha value is -1.81. The number of fused-ring (bicyclic) bond motifs is 1. The molecule has 2 aromatic rings. The number of H-pyrrole nitrogens is 1. The molecule has 2 rings (SSSR count). The number of rotatable bonds is 3. The molecule has 0 saturated carbocycles. The number of nitrogens with two attached hydrogens (primary N) is 1. The molecule has 4 nitrogen and oxygen atoms in total. The number of carboxylic acid groups (broad SMARTS) is 1. The minimum atomic E-state index is -3.16. The number of aliphatic carboxylic acids is 1. The van der Waals surface area contributed by atoms with Crippen LogP contribution in [0.3, 0.4) is 0 Å². The van der Waals surface area contributed by atoms with Gasteiger partial charge >= 0.3 is 5.97 Å². The van der Waals surface area contributed by atoms with E-state index >= 15 is 0 Å². The molecule has 15 heavy (non-hydrogen) atoms. The zero-order valence-corrected chi connectivity index (χ0v) is 7.43. The van der Waals surface area contributed by atoms with Gasteiger partial charge in [0.1, 0.15) is 6.02 Å². The van der Waals surface area contributed by atoms with Gasteiger partial charge in [-0.2, -0.15) is 0 Å². The van der Waals surface area contributed by atoms with Crippen molar-refractivity contribution >= 4 is 16.9 Å². The molecule has 78 valence electrons. The standard InChI is InChI=1S/C11H12N2O2/c12-9(11(14)15)5-7-6-13-10-4-2-1-3-8(7)10/h1-4,6,9,13H,5,12H2,(H,14,15)/t9-/m1/s1/i1D,2D,3D,4D,5D2,6D,9D. The van der Waals surface area contributed by atoms with Crippen molar-refractivity contribution in [1.29, 1.82) is 0 Å². The molecule has 0 aliphatic heterocycles. The van der Waals surface area contributed by atoms with Gasteiger partial charge in [0, 0.05) is 26.2 Å². The van der Waals surface area contributed by atoms with Crippen molar-refractivity contribution in [2.24, 2.45) is 5.73 Å². The second-order valence-corrected chi connectivity index (χ2v) is 2.72. The fourth-order valence-corrected chi connectivity index (χ4v) is 1.06. The number of carboxylic acids is 1. The van der Waals surface area contributed by atoms with E-state index in [9.17, 15) is 4.79 Å². The molecule has 0 saturated heterocycles. The third-order valence-electron chi connectivity index (χ3n) is 1.74. The summed E-state index contributed by atoms with van der Waals surface area (Å²) in [5.74, 6) is -1.97. The van der Waals surface area contributed by atoms with Gasteiger partial charge in [0.15, 0.2) is 0 Å². The molecule has 0 unspecified atom stereocenters. The van der Waals surface area contributed by atoms with Crippen LogP contribution in [-0.2, 0) is 11.2 Å². The molecule has 1 aromatic heterocycles. The maximum atomic E-state index is 11.1. The number of aromatic nitrogens is 1. The van der Waals surface area contributed by atoms with Crippen molar-refractivity contribution in [2.45, 2.75) is 12.4 Å². The van der Waals surface area contributed by atoms with Gasteiger partial charge in [-0.1, -0.05) is 18.1 Å². The average molecular weight is 212 g/mol. The van der Waals surface area contributed by atoms with E-state index in [1.807, 2.05) is 0 Å². The molecule has 1 heterocycles. The zero-order chi connectivity index (χ0) is 17.9. The molecule has 4 heteroatoms. The van der Waals surface area contributed by atoms with E-state index in [2.05, 4.69) is 4.98 Å². The van der Waals surface area contributed by atoms with E-state index in [1.165, 1.54) is 0 Å². The highest BCUT2D eigenvalue weighted by Crippen LogP contribution is 2.18. The first-order chi connectivity index (χ1) is 10.4. The maximum absolute atomic E-state index is 11.1. The Morgan fingerprint density at radius 1 is 1.73 bits per heavy atom. The lowest BCUT2D eigenvalue weighted by atomic mass is 10.1. The second kappa shape index (κ2) is 3.74. The molecule has 0 bridgehead atoms. The van der Waals surface area contributed by atoms with E-state index in [4.69, 9.17) is 21.8 Å². The van der Waals surface area contributed by atoms with E-state index in [0.717, 1.165) is 0 Å². The number of para-hydroxylation sites is 1. The van der Waals surface area contributed by atoms with Gasteiger partial charge in [0.2, 0.25) is 0 Å².